The topological polar surface area (TPSA) is 73.0 Å². The average Bonchev–Trinajstić information content (AvgIpc) is 2.97. The van der Waals surface area contributed by atoms with Crippen molar-refractivity contribution in [3.63, 3.8) is 0 Å². The lowest BCUT2D eigenvalue weighted by Gasteiger charge is -2.35. The Hall–Kier alpha value is -2.45. The summed E-state index contributed by atoms with van der Waals surface area (Å²) < 4.78 is 0. The van der Waals surface area contributed by atoms with Gasteiger partial charge in [-0.05, 0) is 43.2 Å². The summed E-state index contributed by atoms with van der Waals surface area (Å²) >= 11 is 12.0. The molecule has 2 aromatic rings. The fraction of sp³-hybridized carbons (Fsp3) is 0.348. The van der Waals surface area contributed by atoms with E-state index < -0.39 is 0 Å². The van der Waals surface area contributed by atoms with Crippen molar-refractivity contribution in [2.24, 2.45) is 0 Å². The van der Waals surface area contributed by atoms with Crippen LogP contribution in [-0.2, 0) is 4.79 Å². The molecule has 32 heavy (non-hydrogen) atoms. The van der Waals surface area contributed by atoms with Crippen LogP contribution < -0.4 is 5.32 Å². The highest BCUT2D eigenvalue weighted by molar-refractivity contribution is 6.43. The van der Waals surface area contributed by atoms with E-state index >= 15 is 0 Å². The number of rotatable bonds is 5. The fourth-order valence-corrected chi connectivity index (χ4v) is 4.31. The van der Waals surface area contributed by atoms with E-state index in [9.17, 15) is 14.4 Å². The first kappa shape index (κ1) is 22.7. The summed E-state index contributed by atoms with van der Waals surface area (Å²) in [5, 5.41) is 3.49. The van der Waals surface area contributed by atoms with Gasteiger partial charge in [0.15, 0.2) is 0 Å². The van der Waals surface area contributed by atoms with Crippen molar-refractivity contribution in [2.75, 3.05) is 44.7 Å². The second kappa shape index (κ2) is 9.19. The second-order valence-corrected chi connectivity index (χ2v) is 9.00. The molecule has 0 aliphatic carbocycles. The number of anilines is 1. The number of piperazine rings is 1. The zero-order valence-electron chi connectivity index (χ0n) is 18.0. The molecule has 9 heteroatoms. The van der Waals surface area contributed by atoms with Crippen LogP contribution in [0.25, 0.3) is 0 Å². The molecule has 1 N–H and O–H groups in total. The van der Waals surface area contributed by atoms with Gasteiger partial charge in [0.25, 0.3) is 11.8 Å². The van der Waals surface area contributed by atoms with Crippen molar-refractivity contribution < 1.29 is 14.4 Å². The number of carbonyl (C=O) groups is 3. The highest BCUT2D eigenvalue weighted by atomic mass is 35.5. The van der Waals surface area contributed by atoms with E-state index in [1.54, 1.807) is 0 Å². The summed E-state index contributed by atoms with van der Waals surface area (Å²) in [4.78, 5) is 43.2. The van der Waals surface area contributed by atoms with Crippen molar-refractivity contribution >= 4 is 46.6 Å². The number of nitrogens with one attached hydrogen (secondary N) is 1. The third-order valence-electron chi connectivity index (χ3n) is 6.06. The number of aryl methyl sites for hydroxylation is 1. The Bertz CT molecular complexity index is 1060. The van der Waals surface area contributed by atoms with E-state index in [1.165, 1.54) is 17.0 Å². The van der Waals surface area contributed by atoms with Gasteiger partial charge < -0.3 is 5.32 Å². The molecule has 1 fully saturated rings. The predicted octanol–water partition coefficient (Wildman–Crippen LogP) is 3.42. The molecule has 3 amide bonds. The van der Waals surface area contributed by atoms with E-state index in [2.05, 4.69) is 10.2 Å². The van der Waals surface area contributed by atoms with Gasteiger partial charge in [-0.2, -0.15) is 0 Å². The Labute approximate surface area is 196 Å². The number of halogens is 2. The van der Waals surface area contributed by atoms with E-state index in [-0.39, 0.29) is 45.6 Å². The minimum Gasteiger partial charge on any atom is -0.325 e. The summed E-state index contributed by atoms with van der Waals surface area (Å²) in [7, 11) is 0. The van der Waals surface area contributed by atoms with Crippen molar-refractivity contribution in [3.8, 4) is 0 Å². The molecule has 2 aliphatic heterocycles. The number of hydrogen-bond acceptors (Lipinski definition) is 5. The zero-order chi connectivity index (χ0) is 23.0. The Morgan fingerprint density at radius 2 is 1.50 bits per heavy atom. The van der Waals surface area contributed by atoms with Gasteiger partial charge in [0, 0.05) is 31.9 Å². The van der Waals surface area contributed by atoms with Gasteiger partial charge in [0.1, 0.15) is 0 Å². The number of carbonyl (C=O) groups excluding carboxylic acids is 3. The summed E-state index contributed by atoms with van der Waals surface area (Å²) in [6.07, 6.45) is 0. The molecular formula is C23H24Cl2N4O3. The highest BCUT2D eigenvalue weighted by Gasteiger charge is 2.37. The summed E-state index contributed by atoms with van der Waals surface area (Å²) in [5.41, 5.74) is 3.60. The quantitative estimate of drug-likeness (QED) is 0.672. The number of imide groups is 1. The first-order chi connectivity index (χ1) is 15.2. The number of benzene rings is 2. The van der Waals surface area contributed by atoms with Crippen LogP contribution in [0.5, 0.6) is 0 Å². The molecule has 1 saturated heterocycles. The predicted molar refractivity (Wildman–Crippen MR) is 124 cm³/mol. The lowest BCUT2D eigenvalue weighted by Crippen LogP contribution is -2.52. The maximum atomic E-state index is 12.7. The Balaban J connectivity index is 1.30. The highest BCUT2D eigenvalue weighted by Crippen LogP contribution is 2.31. The maximum Gasteiger partial charge on any atom is 0.262 e. The van der Waals surface area contributed by atoms with Crippen LogP contribution in [0.15, 0.2) is 30.3 Å². The average molecular weight is 475 g/mol. The molecule has 168 valence electrons. The van der Waals surface area contributed by atoms with Crippen molar-refractivity contribution in [2.45, 2.75) is 13.8 Å². The monoisotopic (exact) mass is 474 g/mol. The van der Waals surface area contributed by atoms with Gasteiger partial charge in [0.05, 0.1) is 34.4 Å². The smallest absolute Gasteiger partial charge is 0.262 e. The number of hydrogen-bond donors (Lipinski definition) is 1. The first-order valence-corrected chi connectivity index (χ1v) is 11.2. The van der Waals surface area contributed by atoms with E-state index in [1.807, 2.05) is 36.9 Å². The molecule has 0 radical (unpaired) electrons. The fourth-order valence-electron chi connectivity index (χ4n) is 3.98. The van der Waals surface area contributed by atoms with Crippen LogP contribution in [-0.4, -0.2) is 71.8 Å². The molecule has 0 unspecified atom stereocenters. The largest absolute Gasteiger partial charge is 0.325 e. The van der Waals surface area contributed by atoms with Crippen molar-refractivity contribution in [1.29, 1.82) is 0 Å². The molecule has 0 bridgehead atoms. The van der Waals surface area contributed by atoms with Crippen LogP contribution in [0.4, 0.5) is 5.69 Å². The molecule has 4 rings (SSSR count). The normalized spacial score (nSPS) is 17.1. The SMILES string of the molecule is Cc1cccc(NC(=O)CN2CCN(CN3C(=O)c4cc(Cl)c(Cl)cc4C3=O)CC2)c1C. The van der Waals surface area contributed by atoms with E-state index in [4.69, 9.17) is 23.2 Å². The standard InChI is InChI=1S/C23H24Cl2N4O3/c1-14-4-3-5-20(15(14)2)26-21(30)12-27-6-8-28(9-7-27)13-29-22(31)16-10-18(24)19(25)11-17(16)23(29)32/h3-5,10-11H,6-9,12-13H2,1-2H3,(H,26,30). The van der Waals surface area contributed by atoms with Gasteiger partial charge in [-0.15, -0.1) is 0 Å². The van der Waals surface area contributed by atoms with Crippen LogP contribution in [0, 0.1) is 13.8 Å². The molecule has 7 nitrogen and oxygen atoms in total. The maximum absolute atomic E-state index is 12.7. The van der Waals surface area contributed by atoms with Gasteiger partial charge >= 0.3 is 0 Å². The molecule has 2 aromatic carbocycles. The molecule has 2 aliphatic rings. The Morgan fingerprint density at radius 1 is 0.938 bits per heavy atom. The van der Waals surface area contributed by atoms with Crippen molar-refractivity contribution in [3.05, 3.63) is 62.6 Å². The summed E-state index contributed by atoms with van der Waals surface area (Å²) in [6, 6.07) is 8.75. The molecule has 0 atom stereocenters. The molecular weight excluding hydrogens is 451 g/mol. The van der Waals surface area contributed by atoms with Crippen molar-refractivity contribution in [1.82, 2.24) is 14.7 Å². The minimum absolute atomic E-state index is 0.0544. The molecule has 2 heterocycles. The Kier molecular flexibility index (Phi) is 6.53. The Morgan fingerprint density at radius 3 is 2.09 bits per heavy atom. The zero-order valence-corrected chi connectivity index (χ0v) is 19.5. The molecule has 0 aromatic heterocycles. The van der Waals surface area contributed by atoms with Gasteiger partial charge in [-0.25, -0.2) is 0 Å². The lowest BCUT2D eigenvalue weighted by molar-refractivity contribution is -0.117. The summed E-state index contributed by atoms with van der Waals surface area (Å²) in [6.45, 7) is 7.13. The van der Waals surface area contributed by atoms with Crippen LogP contribution in [0.3, 0.4) is 0 Å². The lowest BCUT2D eigenvalue weighted by atomic mass is 10.1. The summed E-state index contributed by atoms with van der Waals surface area (Å²) in [5.74, 6) is -0.779. The van der Waals surface area contributed by atoms with Crippen LogP contribution in [0.1, 0.15) is 31.8 Å². The number of fused-ring (bicyclic) bond motifs is 1. The molecule has 0 spiro atoms. The van der Waals surface area contributed by atoms with Gasteiger partial charge in [-0.1, -0.05) is 35.3 Å². The van der Waals surface area contributed by atoms with E-state index in [0.717, 1.165) is 16.8 Å². The third kappa shape index (κ3) is 4.52. The minimum atomic E-state index is -0.362. The number of nitrogens with zero attached hydrogens (tertiary/aromatic N) is 3. The van der Waals surface area contributed by atoms with Gasteiger partial charge in [-0.3, -0.25) is 29.1 Å². The van der Waals surface area contributed by atoms with Gasteiger partial charge in [0.2, 0.25) is 5.91 Å². The second-order valence-electron chi connectivity index (χ2n) is 8.18. The molecule has 0 saturated carbocycles. The van der Waals surface area contributed by atoms with Crippen LogP contribution >= 0.6 is 23.2 Å². The van der Waals surface area contributed by atoms with E-state index in [0.29, 0.717) is 32.7 Å². The first-order valence-electron chi connectivity index (χ1n) is 10.4. The third-order valence-corrected chi connectivity index (χ3v) is 6.79. The number of amides is 3. The van der Waals surface area contributed by atoms with Crippen LogP contribution in [0.2, 0.25) is 10.0 Å².